The highest BCUT2D eigenvalue weighted by Crippen LogP contribution is 2.40. The largest absolute Gasteiger partial charge is 0.480 e. The number of ether oxygens (including phenoxy) is 1. The Labute approximate surface area is 125 Å². The molecule has 114 valence electrons. The van der Waals surface area contributed by atoms with Crippen molar-refractivity contribution in [3.8, 4) is 0 Å². The third-order valence-corrected chi connectivity index (χ3v) is 4.50. The average Bonchev–Trinajstić information content (AvgIpc) is 2.53. The highest BCUT2D eigenvalue weighted by atomic mass is 16.5. The molecule has 0 saturated heterocycles. The van der Waals surface area contributed by atoms with Crippen LogP contribution in [0.3, 0.4) is 0 Å². The zero-order valence-electron chi connectivity index (χ0n) is 12.4. The number of carboxylic acid groups (broad SMARTS) is 1. The predicted octanol–water partition coefficient (Wildman–Crippen LogP) is 3.40. The minimum absolute atomic E-state index is 0.120. The first kappa shape index (κ1) is 15.5. The van der Waals surface area contributed by atoms with E-state index in [1.54, 1.807) is 0 Å². The van der Waals surface area contributed by atoms with Crippen molar-refractivity contribution in [2.75, 3.05) is 0 Å². The third-order valence-electron chi connectivity index (χ3n) is 4.50. The number of carbonyl (C=O) groups excluding carboxylic acids is 1. The normalized spacial score (nSPS) is 18.7. The van der Waals surface area contributed by atoms with Gasteiger partial charge >= 0.3 is 11.9 Å². The Morgan fingerprint density at radius 1 is 1.19 bits per heavy atom. The zero-order chi connectivity index (χ0) is 15.3. The molecule has 21 heavy (non-hydrogen) atoms. The van der Waals surface area contributed by atoms with Crippen LogP contribution in [0.15, 0.2) is 30.3 Å². The number of rotatable bonds is 5. The Hall–Kier alpha value is -1.84. The summed E-state index contributed by atoms with van der Waals surface area (Å²) >= 11 is 0. The van der Waals surface area contributed by atoms with Gasteiger partial charge in [-0.25, -0.2) is 0 Å². The van der Waals surface area contributed by atoms with Crippen molar-refractivity contribution < 1.29 is 19.4 Å². The van der Waals surface area contributed by atoms with Gasteiger partial charge in [-0.1, -0.05) is 49.6 Å². The van der Waals surface area contributed by atoms with E-state index in [9.17, 15) is 14.7 Å². The second-order valence-electron chi connectivity index (χ2n) is 5.90. The number of hydrogen-bond acceptors (Lipinski definition) is 3. The molecule has 0 aliphatic heterocycles. The number of benzene rings is 1. The van der Waals surface area contributed by atoms with E-state index in [1.807, 2.05) is 30.3 Å². The maximum absolute atomic E-state index is 12.4. The minimum Gasteiger partial charge on any atom is -0.480 e. The quantitative estimate of drug-likeness (QED) is 0.667. The van der Waals surface area contributed by atoms with Crippen molar-refractivity contribution in [3.05, 3.63) is 35.9 Å². The molecule has 4 heteroatoms. The smallest absolute Gasteiger partial charge is 0.323 e. The minimum atomic E-state index is -1.44. The highest BCUT2D eigenvalue weighted by Gasteiger charge is 2.49. The van der Waals surface area contributed by atoms with Crippen molar-refractivity contribution >= 4 is 11.9 Å². The highest BCUT2D eigenvalue weighted by molar-refractivity contribution is 5.99. The third kappa shape index (κ3) is 3.43. The van der Waals surface area contributed by atoms with Crippen molar-refractivity contribution in [2.45, 2.75) is 45.6 Å². The molecule has 0 spiro atoms. The Kier molecular flexibility index (Phi) is 4.99. The molecule has 0 bridgehead atoms. The van der Waals surface area contributed by atoms with Crippen molar-refractivity contribution in [1.82, 2.24) is 0 Å². The fraction of sp³-hybridized carbons (Fsp3) is 0.529. The zero-order valence-corrected chi connectivity index (χ0v) is 12.4. The van der Waals surface area contributed by atoms with Crippen molar-refractivity contribution in [2.24, 2.45) is 11.3 Å². The van der Waals surface area contributed by atoms with Gasteiger partial charge in [0.05, 0.1) is 0 Å². The van der Waals surface area contributed by atoms with E-state index in [0.29, 0.717) is 0 Å². The summed E-state index contributed by atoms with van der Waals surface area (Å²) in [6, 6.07) is 9.31. The van der Waals surface area contributed by atoms with Crippen LogP contribution in [0, 0.1) is 11.3 Å². The van der Waals surface area contributed by atoms with Gasteiger partial charge in [0.15, 0.2) is 5.41 Å². The van der Waals surface area contributed by atoms with Gasteiger partial charge in [0.25, 0.3) is 0 Å². The summed E-state index contributed by atoms with van der Waals surface area (Å²) in [4.78, 5) is 24.0. The SMILES string of the molecule is CC(C(=O)O)(C(=O)OCc1ccccc1)C1CCCCC1. The number of carbonyl (C=O) groups is 2. The van der Waals surface area contributed by atoms with Crippen LogP contribution in [0.25, 0.3) is 0 Å². The molecular weight excluding hydrogens is 268 g/mol. The van der Waals surface area contributed by atoms with E-state index in [0.717, 1.165) is 37.7 Å². The molecule has 1 aliphatic rings. The van der Waals surface area contributed by atoms with Gasteiger partial charge in [-0.15, -0.1) is 0 Å². The summed E-state index contributed by atoms with van der Waals surface area (Å²) < 4.78 is 5.29. The van der Waals surface area contributed by atoms with E-state index in [4.69, 9.17) is 4.74 Å². The van der Waals surface area contributed by atoms with Crippen LogP contribution in [0.5, 0.6) is 0 Å². The first-order chi connectivity index (χ1) is 10.0. The molecule has 0 heterocycles. The molecule has 0 radical (unpaired) electrons. The summed E-state index contributed by atoms with van der Waals surface area (Å²) in [7, 11) is 0. The maximum atomic E-state index is 12.4. The molecule has 1 N–H and O–H groups in total. The summed E-state index contributed by atoms with van der Waals surface area (Å²) in [6.45, 7) is 1.63. The summed E-state index contributed by atoms with van der Waals surface area (Å²) in [5, 5.41) is 9.55. The molecule has 4 nitrogen and oxygen atoms in total. The first-order valence-electron chi connectivity index (χ1n) is 7.49. The van der Waals surface area contributed by atoms with E-state index in [2.05, 4.69) is 0 Å². The molecule has 1 saturated carbocycles. The lowest BCUT2D eigenvalue weighted by molar-refractivity contribution is -0.174. The van der Waals surface area contributed by atoms with Crippen LogP contribution in [0.2, 0.25) is 0 Å². The molecule has 1 aromatic carbocycles. The van der Waals surface area contributed by atoms with E-state index in [1.165, 1.54) is 6.92 Å². The lowest BCUT2D eigenvalue weighted by Gasteiger charge is -2.34. The van der Waals surface area contributed by atoms with Crippen molar-refractivity contribution in [3.63, 3.8) is 0 Å². The van der Waals surface area contributed by atoms with Gasteiger partial charge in [0.1, 0.15) is 6.61 Å². The van der Waals surface area contributed by atoms with Gasteiger partial charge in [-0.2, -0.15) is 0 Å². The Balaban J connectivity index is 2.06. The molecular formula is C17H22O4. The van der Waals surface area contributed by atoms with Crippen LogP contribution < -0.4 is 0 Å². The van der Waals surface area contributed by atoms with Crippen LogP contribution in [0.4, 0.5) is 0 Å². The molecule has 1 aromatic rings. The predicted molar refractivity (Wildman–Crippen MR) is 78.6 cm³/mol. The van der Waals surface area contributed by atoms with Crippen LogP contribution in [-0.2, 0) is 20.9 Å². The fourth-order valence-electron chi connectivity index (χ4n) is 2.98. The Morgan fingerprint density at radius 3 is 2.38 bits per heavy atom. The monoisotopic (exact) mass is 290 g/mol. The average molecular weight is 290 g/mol. The van der Waals surface area contributed by atoms with E-state index >= 15 is 0 Å². The standard InChI is InChI=1S/C17H22O4/c1-17(15(18)19,14-10-6-3-7-11-14)16(20)21-12-13-8-4-2-5-9-13/h2,4-5,8-9,14H,3,6-7,10-12H2,1H3,(H,18,19). The summed E-state index contributed by atoms with van der Waals surface area (Å²) in [6.07, 6.45) is 4.65. The second-order valence-corrected chi connectivity index (χ2v) is 5.90. The second kappa shape index (κ2) is 6.74. The van der Waals surface area contributed by atoms with Gasteiger partial charge < -0.3 is 9.84 Å². The number of carboxylic acids is 1. The maximum Gasteiger partial charge on any atom is 0.323 e. The molecule has 0 amide bonds. The molecule has 1 unspecified atom stereocenters. The molecule has 2 rings (SSSR count). The van der Waals surface area contributed by atoms with Gasteiger partial charge in [0.2, 0.25) is 0 Å². The summed E-state index contributed by atoms with van der Waals surface area (Å²) in [5.74, 6) is -1.83. The topological polar surface area (TPSA) is 63.6 Å². The van der Waals surface area contributed by atoms with Gasteiger partial charge in [-0.05, 0) is 31.2 Å². The number of esters is 1. The van der Waals surface area contributed by atoms with Crippen molar-refractivity contribution in [1.29, 1.82) is 0 Å². The number of hydrogen-bond donors (Lipinski definition) is 1. The fourth-order valence-corrected chi connectivity index (χ4v) is 2.98. The van der Waals surface area contributed by atoms with Crippen LogP contribution >= 0.6 is 0 Å². The van der Waals surface area contributed by atoms with Gasteiger partial charge in [-0.3, -0.25) is 9.59 Å². The van der Waals surface area contributed by atoms with E-state index in [-0.39, 0.29) is 12.5 Å². The lowest BCUT2D eigenvalue weighted by atomic mass is 9.70. The van der Waals surface area contributed by atoms with Crippen LogP contribution in [-0.4, -0.2) is 17.0 Å². The number of aliphatic carboxylic acids is 1. The molecule has 1 atom stereocenters. The molecule has 1 fully saturated rings. The molecule has 1 aliphatic carbocycles. The summed E-state index contributed by atoms with van der Waals surface area (Å²) in [5.41, 5.74) is -0.572. The Morgan fingerprint density at radius 2 is 1.81 bits per heavy atom. The lowest BCUT2D eigenvalue weighted by Crippen LogP contribution is -2.45. The van der Waals surface area contributed by atoms with E-state index < -0.39 is 17.4 Å². The molecule has 0 aromatic heterocycles. The van der Waals surface area contributed by atoms with Gasteiger partial charge in [0, 0.05) is 0 Å². The van der Waals surface area contributed by atoms with Crippen LogP contribution in [0.1, 0.15) is 44.6 Å². The first-order valence-corrected chi connectivity index (χ1v) is 7.49. The Bertz CT molecular complexity index is 491.